The standard InChI is InChI=1S/C15H22ClN3O.ClH/c1-12-10-17-7-9-19(12)8-6-15(20)18-11-13-4-2-3-5-14(13)16;/h2-5,12,17H,6-11H2,1H3,(H,18,20);1H/t12-;/m1./s1. The second-order valence-corrected chi connectivity index (χ2v) is 5.61. The molecule has 0 spiro atoms. The van der Waals surface area contributed by atoms with Crippen LogP contribution in [0.25, 0.3) is 0 Å². The molecule has 1 aromatic rings. The fourth-order valence-corrected chi connectivity index (χ4v) is 2.59. The third-order valence-corrected chi connectivity index (χ3v) is 4.07. The van der Waals surface area contributed by atoms with Gasteiger partial charge in [-0.15, -0.1) is 12.4 Å². The van der Waals surface area contributed by atoms with E-state index >= 15 is 0 Å². The quantitative estimate of drug-likeness (QED) is 0.868. The van der Waals surface area contributed by atoms with Crippen molar-refractivity contribution in [3.05, 3.63) is 34.9 Å². The summed E-state index contributed by atoms with van der Waals surface area (Å²) in [6.45, 7) is 6.52. The van der Waals surface area contributed by atoms with Gasteiger partial charge in [0.2, 0.25) is 5.91 Å². The first kappa shape index (κ1) is 18.2. The summed E-state index contributed by atoms with van der Waals surface area (Å²) in [7, 11) is 0. The van der Waals surface area contributed by atoms with Crippen molar-refractivity contribution in [2.45, 2.75) is 25.9 Å². The summed E-state index contributed by atoms with van der Waals surface area (Å²) < 4.78 is 0. The SMILES string of the molecule is C[C@@H]1CNCCN1CCC(=O)NCc1ccccc1Cl.Cl. The van der Waals surface area contributed by atoms with E-state index in [9.17, 15) is 4.79 Å². The molecule has 1 amide bonds. The van der Waals surface area contributed by atoms with Gasteiger partial charge in [-0.1, -0.05) is 29.8 Å². The molecular weight excluding hydrogens is 309 g/mol. The lowest BCUT2D eigenvalue weighted by molar-refractivity contribution is -0.121. The Bertz CT molecular complexity index is 456. The summed E-state index contributed by atoms with van der Waals surface area (Å²) in [5.41, 5.74) is 0.957. The molecule has 1 fully saturated rings. The molecule has 1 aromatic carbocycles. The molecule has 1 saturated heterocycles. The Balaban J connectivity index is 0.00000220. The number of piperazine rings is 1. The van der Waals surface area contributed by atoms with E-state index in [0.29, 0.717) is 24.0 Å². The molecule has 0 aromatic heterocycles. The lowest BCUT2D eigenvalue weighted by atomic mass is 10.2. The lowest BCUT2D eigenvalue weighted by Crippen LogP contribution is -2.50. The number of nitrogens with zero attached hydrogens (tertiary/aromatic N) is 1. The second kappa shape index (κ2) is 9.26. The third-order valence-electron chi connectivity index (χ3n) is 3.70. The molecule has 118 valence electrons. The van der Waals surface area contributed by atoms with Gasteiger partial charge in [-0.2, -0.15) is 0 Å². The van der Waals surface area contributed by atoms with E-state index in [-0.39, 0.29) is 18.3 Å². The highest BCUT2D eigenvalue weighted by atomic mass is 35.5. The van der Waals surface area contributed by atoms with E-state index in [1.54, 1.807) is 0 Å². The summed E-state index contributed by atoms with van der Waals surface area (Å²) in [5, 5.41) is 6.97. The van der Waals surface area contributed by atoms with Crippen LogP contribution in [0, 0.1) is 0 Å². The average Bonchev–Trinajstić information content (AvgIpc) is 2.45. The second-order valence-electron chi connectivity index (χ2n) is 5.21. The van der Waals surface area contributed by atoms with Crippen LogP contribution in [0.5, 0.6) is 0 Å². The zero-order valence-corrected chi connectivity index (χ0v) is 13.8. The zero-order valence-electron chi connectivity index (χ0n) is 12.3. The summed E-state index contributed by atoms with van der Waals surface area (Å²) in [4.78, 5) is 14.2. The number of benzene rings is 1. The minimum atomic E-state index is 0. The van der Waals surface area contributed by atoms with Gasteiger partial charge in [-0.05, 0) is 18.6 Å². The van der Waals surface area contributed by atoms with Crippen LogP contribution in [0.1, 0.15) is 18.9 Å². The van der Waals surface area contributed by atoms with E-state index in [1.165, 1.54) is 0 Å². The average molecular weight is 332 g/mol. The molecule has 1 atom stereocenters. The fourth-order valence-electron chi connectivity index (χ4n) is 2.38. The highest BCUT2D eigenvalue weighted by molar-refractivity contribution is 6.31. The minimum absolute atomic E-state index is 0. The van der Waals surface area contributed by atoms with Gasteiger partial charge in [0, 0.05) is 50.2 Å². The van der Waals surface area contributed by atoms with Gasteiger partial charge in [0.15, 0.2) is 0 Å². The van der Waals surface area contributed by atoms with Crippen LogP contribution in [-0.2, 0) is 11.3 Å². The topological polar surface area (TPSA) is 44.4 Å². The summed E-state index contributed by atoms with van der Waals surface area (Å²) in [5.74, 6) is 0.0793. The predicted molar refractivity (Wildman–Crippen MR) is 89.1 cm³/mol. The Morgan fingerprint density at radius 2 is 2.24 bits per heavy atom. The van der Waals surface area contributed by atoms with Gasteiger partial charge in [0.05, 0.1) is 0 Å². The maximum absolute atomic E-state index is 11.9. The number of carbonyl (C=O) groups excluding carboxylic acids is 1. The molecule has 2 N–H and O–H groups in total. The van der Waals surface area contributed by atoms with Gasteiger partial charge < -0.3 is 10.6 Å². The number of halogens is 2. The molecule has 1 aliphatic rings. The van der Waals surface area contributed by atoms with Crippen molar-refractivity contribution >= 4 is 29.9 Å². The van der Waals surface area contributed by atoms with Gasteiger partial charge in [-0.25, -0.2) is 0 Å². The number of rotatable bonds is 5. The molecule has 0 radical (unpaired) electrons. The fraction of sp³-hybridized carbons (Fsp3) is 0.533. The van der Waals surface area contributed by atoms with Crippen LogP contribution in [0.4, 0.5) is 0 Å². The van der Waals surface area contributed by atoms with Crippen molar-refractivity contribution in [3.63, 3.8) is 0 Å². The number of carbonyl (C=O) groups is 1. The Morgan fingerprint density at radius 1 is 1.48 bits per heavy atom. The smallest absolute Gasteiger partial charge is 0.221 e. The number of nitrogens with one attached hydrogen (secondary N) is 2. The van der Waals surface area contributed by atoms with E-state index in [0.717, 1.165) is 31.7 Å². The molecule has 0 bridgehead atoms. The Kier molecular flexibility index (Phi) is 8.04. The van der Waals surface area contributed by atoms with Gasteiger partial charge in [-0.3, -0.25) is 9.69 Å². The van der Waals surface area contributed by atoms with Crippen LogP contribution in [0.15, 0.2) is 24.3 Å². The third kappa shape index (κ3) is 5.83. The highest BCUT2D eigenvalue weighted by Crippen LogP contribution is 2.14. The normalized spacial score (nSPS) is 18.9. The molecule has 21 heavy (non-hydrogen) atoms. The summed E-state index contributed by atoms with van der Waals surface area (Å²) in [6.07, 6.45) is 0.537. The van der Waals surface area contributed by atoms with Crippen LogP contribution in [0.3, 0.4) is 0 Å². The molecule has 4 nitrogen and oxygen atoms in total. The highest BCUT2D eigenvalue weighted by Gasteiger charge is 2.18. The van der Waals surface area contributed by atoms with Crippen LogP contribution >= 0.6 is 24.0 Å². The van der Waals surface area contributed by atoms with Gasteiger partial charge >= 0.3 is 0 Å². The first-order valence-electron chi connectivity index (χ1n) is 7.11. The van der Waals surface area contributed by atoms with Crippen molar-refractivity contribution in [1.29, 1.82) is 0 Å². The van der Waals surface area contributed by atoms with E-state index in [2.05, 4.69) is 22.5 Å². The van der Waals surface area contributed by atoms with Gasteiger partial charge in [0.1, 0.15) is 0 Å². The molecule has 1 heterocycles. The molecule has 1 aliphatic heterocycles. The maximum Gasteiger partial charge on any atom is 0.221 e. The summed E-state index contributed by atoms with van der Waals surface area (Å²) >= 11 is 6.06. The zero-order chi connectivity index (χ0) is 14.4. The van der Waals surface area contributed by atoms with Gasteiger partial charge in [0.25, 0.3) is 0 Å². The van der Waals surface area contributed by atoms with Crippen molar-refractivity contribution in [1.82, 2.24) is 15.5 Å². The number of hydrogen-bond acceptors (Lipinski definition) is 3. The lowest BCUT2D eigenvalue weighted by Gasteiger charge is -2.33. The first-order chi connectivity index (χ1) is 9.66. The number of hydrogen-bond donors (Lipinski definition) is 2. The van der Waals surface area contributed by atoms with E-state index < -0.39 is 0 Å². The first-order valence-corrected chi connectivity index (χ1v) is 7.49. The van der Waals surface area contributed by atoms with E-state index in [4.69, 9.17) is 11.6 Å². The van der Waals surface area contributed by atoms with E-state index in [1.807, 2.05) is 24.3 Å². The minimum Gasteiger partial charge on any atom is -0.352 e. The monoisotopic (exact) mass is 331 g/mol. The summed E-state index contributed by atoms with van der Waals surface area (Å²) in [6, 6.07) is 8.09. The molecule has 2 rings (SSSR count). The van der Waals surface area contributed by atoms with Crippen LogP contribution in [0.2, 0.25) is 5.02 Å². The largest absolute Gasteiger partial charge is 0.352 e. The molecule has 0 saturated carbocycles. The maximum atomic E-state index is 11.9. The van der Waals surface area contributed by atoms with Crippen LogP contribution in [-0.4, -0.2) is 43.0 Å². The molecule has 6 heteroatoms. The molecule has 0 aliphatic carbocycles. The number of amides is 1. The van der Waals surface area contributed by atoms with Crippen molar-refractivity contribution in [2.24, 2.45) is 0 Å². The van der Waals surface area contributed by atoms with Crippen molar-refractivity contribution in [3.8, 4) is 0 Å². The Hall–Kier alpha value is -0.810. The van der Waals surface area contributed by atoms with Crippen molar-refractivity contribution < 1.29 is 4.79 Å². The van der Waals surface area contributed by atoms with Crippen LogP contribution < -0.4 is 10.6 Å². The predicted octanol–water partition coefficient (Wildman–Crippen LogP) is 2.06. The Morgan fingerprint density at radius 3 is 2.95 bits per heavy atom. The van der Waals surface area contributed by atoms with Crippen molar-refractivity contribution in [2.75, 3.05) is 26.2 Å². The molecule has 0 unspecified atom stereocenters. The Labute approximate surface area is 137 Å². The molecular formula is C15H23Cl2N3O.